The van der Waals surface area contributed by atoms with E-state index in [1.165, 1.54) is 16.7 Å². The number of piperidine rings is 1. The second-order valence-corrected chi connectivity index (χ2v) is 20.3. The molecular weight excluding hydrogens is 946 g/mol. The first-order valence-corrected chi connectivity index (χ1v) is 25.6. The fourth-order valence-corrected chi connectivity index (χ4v) is 11.5. The molecule has 18 heteroatoms. The molecule has 3 fully saturated rings. The minimum absolute atomic E-state index is 0.0178. The van der Waals surface area contributed by atoms with Crippen LogP contribution in [0.5, 0.6) is 17.5 Å². The van der Waals surface area contributed by atoms with Gasteiger partial charge >= 0.3 is 11.7 Å². The summed E-state index contributed by atoms with van der Waals surface area (Å²) < 4.78 is 7.96. The molecule has 73 heavy (non-hydrogen) atoms. The average molecular weight is 1010 g/mol. The first-order chi connectivity index (χ1) is 35.4. The summed E-state index contributed by atoms with van der Waals surface area (Å²) >= 11 is 6.81. The molecule has 10 rings (SSSR count). The van der Waals surface area contributed by atoms with Crippen LogP contribution in [0.3, 0.4) is 0 Å². The molecule has 4 aliphatic heterocycles. The Morgan fingerprint density at radius 3 is 2.47 bits per heavy atom. The molecule has 0 saturated carbocycles. The zero-order valence-corrected chi connectivity index (χ0v) is 42.0. The molecule has 0 bridgehead atoms. The van der Waals surface area contributed by atoms with E-state index in [0.29, 0.717) is 74.1 Å². The number of amides is 2. The summed E-state index contributed by atoms with van der Waals surface area (Å²) in [7, 11) is 0. The molecule has 2 unspecified atom stereocenters. The van der Waals surface area contributed by atoms with E-state index in [9.17, 15) is 29.9 Å². The predicted molar refractivity (Wildman–Crippen MR) is 279 cm³/mol. The molecule has 17 nitrogen and oxygen atoms in total. The standard InChI is InChI=1S/C55H60ClN11O6/c1-4-49(70)65-27-26-64(31-39(65)17-21-57)51-41-20-25-63(46-12-6-9-36-8-5-11-44(56)50(36)46)32-45(41)58-54(59-51)73-33-40-10-7-22-66(40)53(71)37-18-23-62(24-19-37)30-35-13-15-38(16-14-35)67-52(60-61-55(67)72)43-28-42(34(2)3)47(68)29-48(43)69/h4-6,8-9,11-16,28-29,34,37,39-40,68-69H,1,7,10,17-20,22-27,30-33H2,2-3H3,(H,61,72). The Labute approximate surface area is 428 Å². The number of hydrogen-bond acceptors (Lipinski definition) is 13. The van der Waals surface area contributed by atoms with Crippen molar-refractivity contribution < 1.29 is 24.5 Å². The monoisotopic (exact) mass is 1010 g/mol. The summed E-state index contributed by atoms with van der Waals surface area (Å²) in [6.07, 6.45) is 5.30. The third-order valence-corrected chi connectivity index (χ3v) is 15.4. The Hall–Kier alpha value is -7.42. The van der Waals surface area contributed by atoms with E-state index < -0.39 is 5.69 Å². The van der Waals surface area contributed by atoms with Gasteiger partial charge in [0.05, 0.1) is 53.1 Å². The summed E-state index contributed by atoms with van der Waals surface area (Å²) in [5.41, 5.74) is 5.04. The van der Waals surface area contributed by atoms with Crippen LogP contribution in [0.25, 0.3) is 27.8 Å². The third-order valence-electron chi connectivity index (χ3n) is 15.0. The second kappa shape index (κ2) is 21.0. The van der Waals surface area contributed by atoms with Gasteiger partial charge < -0.3 is 34.5 Å². The number of phenols is 2. The third kappa shape index (κ3) is 9.93. The number of aromatic amines is 1. The number of rotatable bonds is 13. The molecule has 6 heterocycles. The zero-order valence-electron chi connectivity index (χ0n) is 41.2. The molecule has 2 amide bonds. The number of H-pyrrole nitrogens is 1. The highest BCUT2D eigenvalue weighted by molar-refractivity contribution is 6.36. The largest absolute Gasteiger partial charge is 0.508 e. The lowest BCUT2D eigenvalue weighted by molar-refractivity contribution is -0.138. The van der Waals surface area contributed by atoms with Crippen molar-refractivity contribution >= 4 is 45.7 Å². The molecule has 4 aromatic carbocycles. The van der Waals surface area contributed by atoms with Crippen molar-refractivity contribution in [2.75, 3.05) is 62.2 Å². The first kappa shape index (κ1) is 49.2. The number of carbonyl (C=O) groups is 2. The number of piperazine rings is 1. The van der Waals surface area contributed by atoms with Crippen LogP contribution in [-0.4, -0.2) is 126 Å². The van der Waals surface area contributed by atoms with Gasteiger partial charge in [0.1, 0.15) is 23.9 Å². The van der Waals surface area contributed by atoms with Gasteiger partial charge in [0.15, 0.2) is 5.82 Å². The van der Waals surface area contributed by atoms with Crippen molar-refractivity contribution in [3.8, 4) is 40.7 Å². The number of nitriles is 1. The van der Waals surface area contributed by atoms with E-state index >= 15 is 0 Å². The lowest BCUT2D eigenvalue weighted by Gasteiger charge is -2.42. The van der Waals surface area contributed by atoms with Crippen molar-refractivity contribution in [1.29, 1.82) is 5.26 Å². The lowest BCUT2D eigenvalue weighted by atomic mass is 9.94. The van der Waals surface area contributed by atoms with Gasteiger partial charge in [-0.2, -0.15) is 20.3 Å². The Morgan fingerprint density at radius 2 is 1.71 bits per heavy atom. The minimum atomic E-state index is -0.450. The predicted octanol–water partition coefficient (Wildman–Crippen LogP) is 7.32. The lowest BCUT2D eigenvalue weighted by Crippen LogP contribution is -2.55. The van der Waals surface area contributed by atoms with Crippen LogP contribution >= 0.6 is 11.6 Å². The number of ether oxygens (including phenoxy) is 1. The number of anilines is 2. The van der Waals surface area contributed by atoms with E-state index in [4.69, 9.17) is 26.3 Å². The molecule has 0 radical (unpaired) electrons. The number of hydrogen-bond donors (Lipinski definition) is 3. The van der Waals surface area contributed by atoms with Crippen molar-refractivity contribution in [2.24, 2.45) is 5.92 Å². The van der Waals surface area contributed by atoms with Crippen molar-refractivity contribution in [2.45, 2.75) is 83.5 Å². The number of phenolic OH excluding ortho intramolecular Hbond substituents is 2. The van der Waals surface area contributed by atoms with Crippen LogP contribution in [0, 0.1) is 17.2 Å². The maximum absolute atomic E-state index is 14.3. The Kier molecular flexibility index (Phi) is 14.1. The van der Waals surface area contributed by atoms with E-state index in [0.717, 1.165) is 77.9 Å². The Bertz CT molecular complexity index is 3150. The molecular formula is C55H60ClN11O6. The number of benzene rings is 4. The topological polar surface area (TPSA) is 200 Å². The fraction of sp³-hybridized carbons (Fsp3) is 0.400. The van der Waals surface area contributed by atoms with Gasteiger partial charge in [-0.15, -0.1) is 0 Å². The van der Waals surface area contributed by atoms with Crippen LogP contribution in [0.1, 0.15) is 74.3 Å². The van der Waals surface area contributed by atoms with E-state index in [-0.39, 0.29) is 72.1 Å². The van der Waals surface area contributed by atoms with Gasteiger partial charge in [-0.05, 0) is 104 Å². The van der Waals surface area contributed by atoms with E-state index in [1.54, 1.807) is 11.0 Å². The first-order valence-electron chi connectivity index (χ1n) is 25.2. The molecule has 4 aliphatic rings. The highest BCUT2D eigenvalue weighted by Gasteiger charge is 2.37. The molecule has 2 aromatic heterocycles. The van der Waals surface area contributed by atoms with E-state index in [1.807, 2.05) is 61.2 Å². The number of nitrogens with zero attached hydrogens (tertiary/aromatic N) is 10. The number of likely N-dealkylation sites (tertiary alicyclic amines) is 2. The number of fused-ring (bicyclic) bond motifs is 2. The summed E-state index contributed by atoms with van der Waals surface area (Å²) in [4.78, 5) is 60.8. The molecule has 0 spiro atoms. The smallest absolute Gasteiger partial charge is 0.348 e. The number of nitrogens with one attached hydrogen (secondary N) is 1. The average Bonchev–Trinajstić information content (AvgIpc) is 4.04. The SMILES string of the molecule is C=CC(=O)N1CCN(c2nc(OCC3CCCN3C(=O)C3CCN(Cc4ccc(-n5c(-c6cc(C(C)C)c(O)cc6O)n[nH]c5=O)cc4)CC3)nc3c2CCN(c2cccc4cccc(Cl)c24)C3)CC1CC#N. The minimum Gasteiger partial charge on any atom is -0.508 e. The van der Waals surface area contributed by atoms with Crippen LogP contribution < -0.4 is 20.2 Å². The normalized spacial score (nSPS) is 18.6. The molecule has 378 valence electrons. The van der Waals surface area contributed by atoms with Crippen molar-refractivity contribution in [3.63, 3.8) is 0 Å². The van der Waals surface area contributed by atoms with Crippen LogP contribution in [0.15, 0.2) is 90.2 Å². The highest BCUT2D eigenvalue weighted by Crippen LogP contribution is 2.39. The van der Waals surface area contributed by atoms with Crippen molar-refractivity contribution in [1.82, 2.24) is 39.4 Å². The van der Waals surface area contributed by atoms with Crippen LogP contribution in [-0.2, 0) is 29.1 Å². The molecule has 6 aromatic rings. The fourth-order valence-electron chi connectivity index (χ4n) is 11.2. The second-order valence-electron chi connectivity index (χ2n) is 19.9. The van der Waals surface area contributed by atoms with Gasteiger partial charge in [0.2, 0.25) is 11.8 Å². The van der Waals surface area contributed by atoms with Gasteiger partial charge in [-0.3, -0.25) is 14.5 Å². The summed E-state index contributed by atoms with van der Waals surface area (Å²) in [6, 6.07) is 24.8. The zero-order chi connectivity index (χ0) is 50.9. The molecule has 0 aliphatic carbocycles. The quantitative estimate of drug-likeness (QED) is 0.0974. The Balaban J connectivity index is 0.804. The number of carbonyl (C=O) groups excluding carboxylic acids is 2. The number of halogens is 1. The van der Waals surface area contributed by atoms with Gasteiger partial charge in [0.25, 0.3) is 0 Å². The summed E-state index contributed by atoms with van der Waals surface area (Å²) in [5, 5.41) is 40.4. The molecule has 3 N–H and O–H groups in total. The van der Waals surface area contributed by atoms with Gasteiger partial charge in [0, 0.05) is 67.9 Å². The highest BCUT2D eigenvalue weighted by atomic mass is 35.5. The van der Waals surface area contributed by atoms with Gasteiger partial charge in [-0.1, -0.05) is 68.4 Å². The molecule has 3 saturated heterocycles. The molecule has 2 atom stereocenters. The van der Waals surface area contributed by atoms with Crippen LogP contribution in [0.4, 0.5) is 11.5 Å². The summed E-state index contributed by atoms with van der Waals surface area (Å²) in [6.45, 7) is 13.3. The van der Waals surface area contributed by atoms with E-state index in [2.05, 4.69) is 55.7 Å². The van der Waals surface area contributed by atoms with Gasteiger partial charge in [-0.25, -0.2) is 14.5 Å². The Morgan fingerprint density at radius 1 is 0.932 bits per heavy atom. The summed E-state index contributed by atoms with van der Waals surface area (Å²) in [5.74, 6) is 0.629. The van der Waals surface area contributed by atoms with Crippen LogP contribution in [0.2, 0.25) is 5.02 Å². The maximum Gasteiger partial charge on any atom is 0.348 e. The maximum atomic E-state index is 14.3. The number of aromatic hydroxyl groups is 2. The van der Waals surface area contributed by atoms with Crippen molar-refractivity contribution in [3.05, 3.63) is 123 Å². The number of aromatic nitrogens is 5.